The van der Waals surface area contributed by atoms with Gasteiger partial charge in [-0.2, -0.15) is 0 Å². The molecule has 0 amide bonds. The zero-order chi connectivity index (χ0) is 25.6. The second-order valence-corrected chi connectivity index (χ2v) is 11.3. The Balaban J connectivity index is 4.41. The van der Waals surface area contributed by atoms with Gasteiger partial charge >= 0.3 is 11.9 Å². The van der Waals surface area contributed by atoms with Crippen molar-refractivity contribution in [1.29, 1.82) is 0 Å². The Morgan fingerprint density at radius 3 is 1.09 bits per heavy atom. The van der Waals surface area contributed by atoms with Gasteiger partial charge in [0.15, 0.2) is 10.2 Å². The Morgan fingerprint density at radius 2 is 0.794 bits per heavy atom. The molecule has 8 heteroatoms. The summed E-state index contributed by atoms with van der Waals surface area (Å²) in [6, 6.07) is 0. The highest BCUT2D eigenvalue weighted by Gasteiger charge is 2.14. The number of unbranched alkanes of at least 4 members (excludes halogenated alkanes) is 10. The Morgan fingerprint density at radius 1 is 0.500 bits per heavy atom. The highest BCUT2D eigenvalue weighted by molar-refractivity contribution is 8.13. The van der Waals surface area contributed by atoms with Crippen molar-refractivity contribution in [2.24, 2.45) is 0 Å². The number of rotatable bonds is 22. The molecule has 6 nitrogen and oxygen atoms in total. The van der Waals surface area contributed by atoms with Gasteiger partial charge in [0.2, 0.25) is 0 Å². The van der Waals surface area contributed by atoms with Gasteiger partial charge in [0.1, 0.15) is 0 Å². The highest BCUT2D eigenvalue weighted by atomic mass is 32.2. The second kappa shape index (κ2) is 22.2. The van der Waals surface area contributed by atoms with Crippen LogP contribution in [0.25, 0.3) is 0 Å². The summed E-state index contributed by atoms with van der Waals surface area (Å²) >= 11 is 2.74. The zero-order valence-electron chi connectivity index (χ0n) is 21.1. The first kappa shape index (κ1) is 32.7. The number of hydrogen-bond acceptors (Lipinski definition) is 6. The van der Waals surface area contributed by atoms with E-state index in [1.165, 1.54) is 23.5 Å². The largest absolute Gasteiger partial charge is 0.481 e. The first-order valence-electron chi connectivity index (χ1n) is 12.6. The van der Waals surface area contributed by atoms with E-state index >= 15 is 0 Å². The lowest BCUT2D eigenvalue weighted by molar-refractivity contribution is -0.137. The van der Waals surface area contributed by atoms with Crippen molar-refractivity contribution < 1.29 is 29.4 Å². The van der Waals surface area contributed by atoms with Crippen LogP contribution in [0.4, 0.5) is 0 Å². The van der Waals surface area contributed by atoms with Crippen molar-refractivity contribution in [3.63, 3.8) is 0 Å². The van der Waals surface area contributed by atoms with Crippen molar-refractivity contribution in [2.45, 2.75) is 117 Å². The molecule has 34 heavy (non-hydrogen) atoms. The number of carbonyl (C=O) groups excluding carboxylic acids is 2. The Kier molecular flexibility index (Phi) is 21.4. The van der Waals surface area contributed by atoms with Crippen LogP contribution >= 0.6 is 23.5 Å². The average Bonchev–Trinajstić information content (AvgIpc) is 2.74. The minimum absolute atomic E-state index is 0.0707. The van der Waals surface area contributed by atoms with Crippen LogP contribution < -0.4 is 0 Å². The molecule has 196 valence electrons. The van der Waals surface area contributed by atoms with Crippen molar-refractivity contribution in [3.05, 3.63) is 11.1 Å². The molecule has 0 fully saturated rings. The topological polar surface area (TPSA) is 109 Å². The molecule has 0 aliphatic carbocycles. The molecule has 0 aliphatic heterocycles. The summed E-state index contributed by atoms with van der Waals surface area (Å²) in [5.41, 5.74) is 1.60. The lowest BCUT2D eigenvalue weighted by atomic mass is 9.92. The van der Waals surface area contributed by atoms with Crippen LogP contribution in [0.3, 0.4) is 0 Å². The summed E-state index contributed by atoms with van der Waals surface area (Å²) in [4.78, 5) is 44.6. The maximum atomic E-state index is 11.4. The quantitative estimate of drug-likeness (QED) is 0.114. The smallest absolute Gasteiger partial charge is 0.307 e. The number of hydrogen-bond donors (Lipinski definition) is 2. The van der Waals surface area contributed by atoms with Crippen LogP contribution in [0.2, 0.25) is 0 Å². The normalized spacial score (nSPS) is 11.8. The number of carboxylic acid groups (broad SMARTS) is 2. The number of thioether (sulfide) groups is 2. The maximum absolute atomic E-state index is 11.4. The third-order valence-corrected chi connectivity index (χ3v) is 7.38. The molecule has 0 bridgehead atoms. The van der Waals surface area contributed by atoms with E-state index in [4.69, 9.17) is 0 Å². The van der Waals surface area contributed by atoms with Crippen LogP contribution in [0.15, 0.2) is 11.1 Å². The fraction of sp³-hybridized carbons (Fsp3) is 0.769. The number of carbonyl (C=O) groups is 4. The molecule has 0 spiro atoms. The molecular formula is C26H44O6S2. The average molecular weight is 517 g/mol. The Bertz CT molecular complexity index is 591. The van der Waals surface area contributed by atoms with Crippen molar-refractivity contribution >= 4 is 45.7 Å². The van der Waals surface area contributed by atoms with Crippen LogP contribution in [-0.4, -0.2) is 43.9 Å². The monoisotopic (exact) mass is 516 g/mol. The standard InChI is InChI=1S/C26H44O6S2/c1-21(27)33-17-13-9-5-3-7-11-15-23(19-25(29)30)24(20-26(31)32)16-12-8-4-6-10-14-18-34-22(2)28/h3-20H2,1-2H3,(H,29,30)(H,31,32)/b24-23+. The van der Waals surface area contributed by atoms with E-state index in [-0.39, 0.29) is 23.1 Å². The third kappa shape index (κ3) is 22.5. The molecule has 0 aromatic carbocycles. The second-order valence-electron chi connectivity index (χ2n) is 8.77. The Hall–Kier alpha value is -1.28. The molecule has 0 aromatic rings. The van der Waals surface area contributed by atoms with Gasteiger partial charge in [-0.3, -0.25) is 19.2 Å². The van der Waals surface area contributed by atoms with E-state index in [2.05, 4.69) is 0 Å². The van der Waals surface area contributed by atoms with E-state index in [9.17, 15) is 29.4 Å². The molecule has 0 radical (unpaired) electrons. The van der Waals surface area contributed by atoms with Crippen LogP contribution in [-0.2, 0) is 19.2 Å². The molecular weight excluding hydrogens is 472 g/mol. The summed E-state index contributed by atoms with van der Waals surface area (Å²) in [6.45, 7) is 3.18. The van der Waals surface area contributed by atoms with E-state index in [0.29, 0.717) is 12.8 Å². The molecule has 0 heterocycles. The van der Waals surface area contributed by atoms with Gasteiger partial charge in [-0.05, 0) is 38.5 Å². The maximum Gasteiger partial charge on any atom is 0.307 e. The molecule has 0 unspecified atom stereocenters. The lowest BCUT2D eigenvalue weighted by Crippen LogP contribution is -2.06. The van der Waals surface area contributed by atoms with Gasteiger partial charge in [-0.25, -0.2) is 0 Å². The van der Waals surface area contributed by atoms with Crippen molar-refractivity contribution in [1.82, 2.24) is 0 Å². The zero-order valence-corrected chi connectivity index (χ0v) is 22.7. The van der Waals surface area contributed by atoms with Crippen LogP contribution in [0.5, 0.6) is 0 Å². The fourth-order valence-electron chi connectivity index (χ4n) is 3.87. The first-order valence-corrected chi connectivity index (χ1v) is 14.6. The third-order valence-electron chi connectivity index (χ3n) is 5.59. The van der Waals surface area contributed by atoms with E-state index < -0.39 is 11.9 Å². The predicted octanol–water partition coefficient (Wildman–Crippen LogP) is 7.25. The summed E-state index contributed by atoms with van der Waals surface area (Å²) < 4.78 is 0. The summed E-state index contributed by atoms with van der Waals surface area (Å²) in [7, 11) is 0. The molecule has 0 atom stereocenters. The van der Waals surface area contributed by atoms with Crippen LogP contribution in [0, 0.1) is 0 Å². The predicted molar refractivity (Wildman–Crippen MR) is 142 cm³/mol. The molecule has 0 saturated carbocycles. The SMILES string of the molecule is CC(=O)SCCCCCCCC/C(CC(=O)O)=C(/CCCCCCCCSC(C)=O)CC(=O)O. The molecule has 2 N–H and O–H groups in total. The van der Waals surface area contributed by atoms with Crippen LogP contribution in [0.1, 0.15) is 117 Å². The summed E-state index contributed by atoms with van der Waals surface area (Å²) in [6.07, 6.45) is 13.6. The van der Waals surface area contributed by atoms with Crippen molar-refractivity contribution in [2.75, 3.05) is 11.5 Å². The number of aliphatic carboxylic acids is 2. The van der Waals surface area contributed by atoms with Gasteiger partial charge in [0.25, 0.3) is 0 Å². The van der Waals surface area contributed by atoms with Crippen molar-refractivity contribution in [3.8, 4) is 0 Å². The van der Waals surface area contributed by atoms with Gasteiger partial charge < -0.3 is 10.2 Å². The molecule has 0 saturated heterocycles. The molecule has 0 aliphatic rings. The minimum atomic E-state index is -0.899. The summed E-state index contributed by atoms with van der Waals surface area (Å²) in [5, 5.41) is 19.0. The van der Waals surface area contributed by atoms with E-state index in [1.54, 1.807) is 13.8 Å². The van der Waals surface area contributed by atoms with E-state index in [0.717, 1.165) is 99.7 Å². The number of carboxylic acids is 2. The van der Waals surface area contributed by atoms with E-state index in [1.807, 2.05) is 0 Å². The van der Waals surface area contributed by atoms with Gasteiger partial charge in [-0.1, -0.05) is 86.0 Å². The first-order chi connectivity index (χ1) is 16.2. The highest BCUT2D eigenvalue weighted by Crippen LogP contribution is 2.25. The van der Waals surface area contributed by atoms with Gasteiger partial charge in [0.05, 0.1) is 12.8 Å². The lowest BCUT2D eigenvalue weighted by Gasteiger charge is -2.14. The minimum Gasteiger partial charge on any atom is -0.481 e. The van der Waals surface area contributed by atoms with Gasteiger partial charge in [0, 0.05) is 25.4 Å². The molecule has 0 rings (SSSR count). The van der Waals surface area contributed by atoms with Gasteiger partial charge in [-0.15, -0.1) is 0 Å². The summed E-state index contributed by atoms with van der Waals surface area (Å²) in [5.74, 6) is -0.0510. The molecule has 0 aromatic heterocycles. The Labute approximate surface area is 214 Å². The fourth-order valence-corrected chi connectivity index (χ4v) is 5.14.